The van der Waals surface area contributed by atoms with Crippen LogP contribution in [0.3, 0.4) is 0 Å². The Balaban J connectivity index is 1.84. The Morgan fingerprint density at radius 2 is 1.62 bits per heavy atom. The van der Waals surface area contributed by atoms with Crippen molar-refractivity contribution >= 4 is 57.1 Å². The molecule has 6 nitrogen and oxygen atoms in total. The van der Waals surface area contributed by atoms with Gasteiger partial charge in [0.2, 0.25) is 0 Å². The molecule has 0 spiro atoms. The van der Waals surface area contributed by atoms with Crippen LogP contribution in [-0.2, 0) is 9.53 Å². The molecule has 0 aliphatic carbocycles. The lowest BCUT2D eigenvalue weighted by molar-refractivity contribution is -0.331. The molecular formula is C22H21F2I2O6-. The number of carbonyl (C=O) groups is 2. The number of carboxylic acid groups (broad SMARTS) is 1. The normalized spacial score (nSPS) is 12.2. The van der Waals surface area contributed by atoms with Crippen molar-refractivity contribution in [3.05, 3.63) is 54.7 Å². The summed E-state index contributed by atoms with van der Waals surface area (Å²) in [4.78, 5) is 22.0. The van der Waals surface area contributed by atoms with E-state index in [4.69, 9.17) is 9.47 Å². The lowest BCUT2D eigenvalue weighted by Gasteiger charge is -2.17. The van der Waals surface area contributed by atoms with E-state index in [9.17, 15) is 23.5 Å². The van der Waals surface area contributed by atoms with Crippen LogP contribution in [0, 0.1) is 7.14 Å². The number of carboxylic acids is 1. The summed E-state index contributed by atoms with van der Waals surface area (Å²) >= 11 is 4.50. The fraction of sp³-hybridized carbons (Fsp3) is 0.364. The molecule has 2 aromatic carbocycles. The van der Waals surface area contributed by atoms with E-state index < -0.39 is 24.5 Å². The molecule has 174 valence electrons. The number of aliphatic carboxylic acids is 1. The lowest BCUT2D eigenvalue weighted by Crippen LogP contribution is -2.45. The molecule has 0 aromatic heterocycles. The first-order valence-corrected chi connectivity index (χ1v) is 11.8. The quantitative estimate of drug-likeness (QED) is 0.200. The molecule has 0 saturated heterocycles. The second-order valence-electron chi connectivity index (χ2n) is 6.91. The molecule has 1 atom stereocenters. The Morgan fingerprint density at radius 3 is 2.16 bits per heavy atom. The van der Waals surface area contributed by atoms with Gasteiger partial charge in [-0.3, -0.25) is 0 Å². The molecule has 0 saturated carbocycles. The van der Waals surface area contributed by atoms with Crippen molar-refractivity contribution < 1.29 is 37.7 Å². The molecule has 32 heavy (non-hydrogen) atoms. The summed E-state index contributed by atoms with van der Waals surface area (Å²) < 4.78 is 43.7. The van der Waals surface area contributed by atoms with Gasteiger partial charge >= 0.3 is 11.9 Å². The zero-order chi connectivity index (χ0) is 23.9. The molecule has 0 N–H and O–H groups in total. The average molecular weight is 673 g/mol. The highest BCUT2D eigenvalue weighted by Gasteiger charge is 2.33. The highest BCUT2D eigenvalue weighted by Crippen LogP contribution is 2.32. The second kappa shape index (κ2) is 12.0. The second-order valence-corrected chi connectivity index (χ2v) is 9.24. The van der Waals surface area contributed by atoms with Gasteiger partial charge in [-0.25, -0.2) is 4.79 Å². The molecule has 10 heteroatoms. The number of rotatable bonds is 11. The van der Waals surface area contributed by atoms with E-state index in [1.807, 2.05) is 0 Å². The molecule has 0 heterocycles. The van der Waals surface area contributed by atoms with E-state index in [-0.39, 0.29) is 12.2 Å². The van der Waals surface area contributed by atoms with Gasteiger partial charge in [0.25, 0.3) is 0 Å². The van der Waals surface area contributed by atoms with Crippen LogP contribution in [0.15, 0.2) is 36.4 Å². The van der Waals surface area contributed by atoms with Crippen molar-refractivity contribution in [2.75, 3.05) is 19.8 Å². The Bertz CT molecular complexity index is 927. The maximum atomic E-state index is 12.9. The standard InChI is InChI=1S/C22H22F2I2O6/c1-3-13(2)15-10-17(25)19(18(26)11-15)31-9-8-30-16-6-4-14(5-7-16)20(27)32-12-22(23,24)21(28)29/h4-7,10-11,13H,3,8-9,12H2,1-2H3,(H,28,29)/p-1. The number of esters is 1. The third-order valence-electron chi connectivity index (χ3n) is 4.57. The largest absolute Gasteiger partial charge is 0.544 e. The minimum absolute atomic E-state index is 0.0201. The minimum Gasteiger partial charge on any atom is -0.544 e. The van der Waals surface area contributed by atoms with Crippen LogP contribution in [0.25, 0.3) is 0 Å². The van der Waals surface area contributed by atoms with E-state index in [2.05, 4.69) is 75.9 Å². The molecule has 0 bridgehead atoms. The number of ether oxygens (including phenoxy) is 3. The third kappa shape index (κ3) is 7.42. The zero-order valence-corrected chi connectivity index (χ0v) is 21.6. The van der Waals surface area contributed by atoms with Gasteiger partial charge in [-0.2, -0.15) is 8.78 Å². The van der Waals surface area contributed by atoms with E-state index in [0.29, 0.717) is 18.3 Å². The first-order valence-electron chi connectivity index (χ1n) is 9.66. The van der Waals surface area contributed by atoms with E-state index in [1.54, 1.807) is 0 Å². The van der Waals surface area contributed by atoms with E-state index in [1.165, 1.54) is 29.8 Å². The number of halogens is 4. The van der Waals surface area contributed by atoms with Crippen LogP contribution < -0.4 is 14.6 Å². The predicted molar refractivity (Wildman–Crippen MR) is 128 cm³/mol. The van der Waals surface area contributed by atoms with Crippen LogP contribution in [0.4, 0.5) is 8.78 Å². The van der Waals surface area contributed by atoms with Gasteiger partial charge in [0.1, 0.15) is 30.7 Å². The van der Waals surface area contributed by atoms with E-state index in [0.717, 1.165) is 19.3 Å². The van der Waals surface area contributed by atoms with Crippen molar-refractivity contribution in [2.24, 2.45) is 0 Å². The Hall–Kier alpha value is -1.70. The van der Waals surface area contributed by atoms with Gasteiger partial charge in [0.15, 0.2) is 6.61 Å². The Morgan fingerprint density at radius 1 is 1.06 bits per heavy atom. The van der Waals surface area contributed by atoms with Crippen LogP contribution in [-0.4, -0.2) is 37.7 Å². The van der Waals surface area contributed by atoms with Gasteiger partial charge < -0.3 is 24.1 Å². The molecule has 2 rings (SSSR count). The first kappa shape index (κ1) is 26.6. The number of alkyl halides is 2. The molecule has 1 unspecified atom stereocenters. The third-order valence-corrected chi connectivity index (χ3v) is 6.18. The highest BCUT2D eigenvalue weighted by atomic mass is 127. The fourth-order valence-corrected chi connectivity index (χ4v) is 4.65. The summed E-state index contributed by atoms with van der Waals surface area (Å²) in [5.41, 5.74) is 1.25. The van der Waals surface area contributed by atoms with E-state index >= 15 is 0 Å². The molecule has 0 amide bonds. The molecule has 0 radical (unpaired) electrons. The summed E-state index contributed by atoms with van der Waals surface area (Å²) in [5, 5.41) is 10.2. The van der Waals surface area contributed by atoms with Gasteiger partial charge in [-0.15, -0.1) is 0 Å². The van der Waals surface area contributed by atoms with Gasteiger partial charge in [-0.05, 0) is 99.5 Å². The van der Waals surface area contributed by atoms with Crippen LogP contribution in [0.5, 0.6) is 11.5 Å². The smallest absolute Gasteiger partial charge is 0.338 e. The minimum atomic E-state index is -4.25. The lowest BCUT2D eigenvalue weighted by atomic mass is 9.99. The van der Waals surface area contributed by atoms with Crippen molar-refractivity contribution in [2.45, 2.75) is 32.1 Å². The predicted octanol–water partition coefficient (Wildman–Crippen LogP) is 4.41. The van der Waals surface area contributed by atoms with Crippen molar-refractivity contribution in [3.8, 4) is 11.5 Å². The summed E-state index contributed by atoms with van der Waals surface area (Å²) in [6.45, 7) is 3.29. The highest BCUT2D eigenvalue weighted by molar-refractivity contribution is 14.1. The average Bonchev–Trinajstić information content (AvgIpc) is 2.76. The van der Waals surface area contributed by atoms with Crippen LogP contribution in [0.2, 0.25) is 0 Å². The summed E-state index contributed by atoms with van der Waals surface area (Å²) in [6, 6.07) is 9.84. The number of hydrogen-bond acceptors (Lipinski definition) is 6. The molecular weight excluding hydrogens is 652 g/mol. The monoisotopic (exact) mass is 673 g/mol. The number of hydrogen-bond donors (Lipinski definition) is 0. The molecule has 0 aliphatic heterocycles. The maximum absolute atomic E-state index is 12.9. The number of benzene rings is 2. The first-order chi connectivity index (χ1) is 15.0. The summed E-state index contributed by atoms with van der Waals surface area (Å²) in [7, 11) is 0. The molecule has 0 fully saturated rings. The Labute approximate surface area is 211 Å². The zero-order valence-electron chi connectivity index (χ0n) is 17.3. The fourth-order valence-electron chi connectivity index (χ4n) is 2.53. The number of carbonyl (C=O) groups excluding carboxylic acids is 2. The maximum Gasteiger partial charge on any atom is 0.338 e. The van der Waals surface area contributed by atoms with Crippen molar-refractivity contribution in [3.63, 3.8) is 0 Å². The van der Waals surface area contributed by atoms with Crippen LogP contribution >= 0.6 is 45.2 Å². The Kier molecular flexibility index (Phi) is 9.92. The topological polar surface area (TPSA) is 84.9 Å². The van der Waals surface area contributed by atoms with Crippen LogP contribution in [0.1, 0.15) is 42.1 Å². The molecule has 2 aromatic rings. The summed E-state index contributed by atoms with van der Waals surface area (Å²) in [5.74, 6) is -6.21. The summed E-state index contributed by atoms with van der Waals surface area (Å²) in [6.07, 6.45) is 1.06. The van der Waals surface area contributed by atoms with Crippen molar-refractivity contribution in [1.82, 2.24) is 0 Å². The van der Waals surface area contributed by atoms with Gasteiger partial charge in [0, 0.05) is 0 Å². The SMILES string of the molecule is CCC(C)c1cc(I)c(OCCOc2ccc(C(=O)OCC(F)(F)C(=O)[O-])cc2)c(I)c1. The van der Waals surface area contributed by atoms with Crippen molar-refractivity contribution in [1.29, 1.82) is 0 Å². The van der Waals surface area contributed by atoms with Gasteiger partial charge in [-0.1, -0.05) is 13.8 Å². The molecule has 0 aliphatic rings. The van der Waals surface area contributed by atoms with Gasteiger partial charge in [0.05, 0.1) is 12.7 Å².